The fraction of sp³-hybridized carbons (Fsp3) is 0.720. The van der Waals surface area contributed by atoms with Crippen molar-refractivity contribution < 1.29 is 27.1 Å². The van der Waals surface area contributed by atoms with E-state index in [1.54, 1.807) is 6.07 Å². The first-order valence-corrected chi connectivity index (χ1v) is 14.7. The van der Waals surface area contributed by atoms with Crippen LogP contribution in [0.1, 0.15) is 50.5 Å². The number of benzene rings is 1. The van der Waals surface area contributed by atoms with Crippen molar-refractivity contribution in [1.82, 2.24) is 9.80 Å². The standard InChI is InChI=1S/C25H34FN3O5S/c1-35(31,32)28-16-25(22-12-17(26)2-5-23(22)28)7-9-27(10-8-25)20-13-18-3-4-19(14-20)29(18)24(30)34-21-6-11-33-15-21/h2,5,12,18-21H,3-4,6-11,13-16H2,1H3/t18?,19?,20?,21-/m1/s1. The number of sulfonamides is 1. The molecule has 1 spiro atoms. The maximum Gasteiger partial charge on any atom is 0.410 e. The monoisotopic (exact) mass is 507 g/mol. The molecule has 10 heteroatoms. The van der Waals surface area contributed by atoms with E-state index >= 15 is 0 Å². The van der Waals surface area contributed by atoms with Gasteiger partial charge in [-0.05, 0) is 75.4 Å². The molecule has 1 aromatic rings. The molecule has 35 heavy (non-hydrogen) atoms. The highest BCUT2D eigenvalue weighted by atomic mass is 32.2. The lowest BCUT2D eigenvalue weighted by molar-refractivity contribution is 0.00981. The maximum absolute atomic E-state index is 14.2. The number of carbonyl (C=O) groups is 1. The van der Waals surface area contributed by atoms with Crippen LogP contribution in [0.25, 0.3) is 0 Å². The molecule has 5 aliphatic rings. The molecule has 8 nitrogen and oxygen atoms in total. The van der Waals surface area contributed by atoms with Crippen LogP contribution in [0.4, 0.5) is 14.9 Å². The van der Waals surface area contributed by atoms with Gasteiger partial charge in [-0.1, -0.05) is 0 Å². The Balaban J connectivity index is 1.13. The van der Waals surface area contributed by atoms with Crippen LogP contribution in [0, 0.1) is 5.82 Å². The summed E-state index contributed by atoms with van der Waals surface area (Å²) < 4.78 is 51.6. The van der Waals surface area contributed by atoms with Crippen LogP contribution in [-0.2, 0) is 24.9 Å². The van der Waals surface area contributed by atoms with Gasteiger partial charge in [0.15, 0.2) is 0 Å². The molecule has 0 saturated carbocycles. The van der Waals surface area contributed by atoms with Gasteiger partial charge in [0.05, 0.1) is 25.2 Å². The maximum atomic E-state index is 14.2. The molecule has 5 aliphatic heterocycles. The van der Waals surface area contributed by atoms with E-state index in [0.29, 0.717) is 31.5 Å². The van der Waals surface area contributed by atoms with Crippen molar-refractivity contribution in [2.24, 2.45) is 0 Å². The van der Waals surface area contributed by atoms with Crippen molar-refractivity contribution in [3.05, 3.63) is 29.6 Å². The van der Waals surface area contributed by atoms with Crippen LogP contribution in [0.3, 0.4) is 0 Å². The summed E-state index contributed by atoms with van der Waals surface area (Å²) >= 11 is 0. The van der Waals surface area contributed by atoms with E-state index in [9.17, 15) is 17.6 Å². The second-order valence-electron chi connectivity index (χ2n) is 11.0. The second-order valence-corrected chi connectivity index (χ2v) is 12.9. The highest BCUT2D eigenvalue weighted by Gasteiger charge is 2.50. The lowest BCUT2D eigenvalue weighted by Crippen LogP contribution is -2.56. The number of piperidine rings is 2. The number of nitrogens with zero attached hydrogens (tertiary/aromatic N) is 3. The predicted molar refractivity (Wildman–Crippen MR) is 128 cm³/mol. The molecule has 6 rings (SSSR count). The summed E-state index contributed by atoms with van der Waals surface area (Å²) in [6, 6.07) is 5.33. The Morgan fingerprint density at radius 2 is 1.83 bits per heavy atom. The molecule has 192 valence electrons. The van der Waals surface area contributed by atoms with Gasteiger partial charge in [0.2, 0.25) is 10.0 Å². The van der Waals surface area contributed by atoms with Crippen molar-refractivity contribution in [1.29, 1.82) is 0 Å². The number of rotatable bonds is 3. The number of halogens is 1. The molecular formula is C25H34FN3O5S. The van der Waals surface area contributed by atoms with E-state index < -0.39 is 10.0 Å². The van der Waals surface area contributed by atoms with Crippen molar-refractivity contribution in [3.63, 3.8) is 0 Å². The van der Waals surface area contributed by atoms with Gasteiger partial charge in [0.25, 0.3) is 0 Å². The molecule has 4 fully saturated rings. The number of ether oxygens (including phenoxy) is 2. The molecule has 4 saturated heterocycles. The lowest BCUT2D eigenvalue weighted by atomic mass is 9.73. The summed E-state index contributed by atoms with van der Waals surface area (Å²) in [5, 5.41) is 0. The second kappa shape index (κ2) is 8.59. The first-order valence-electron chi connectivity index (χ1n) is 12.8. The molecule has 0 radical (unpaired) electrons. The average Bonchev–Trinajstić information content (AvgIpc) is 3.50. The predicted octanol–water partition coefficient (Wildman–Crippen LogP) is 2.86. The number of anilines is 1. The van der Waals surface area contributed by atoms with Crippen LogP contribution < -0.4 is 4.31 Å². The van der Waals surface area contributed by atoms with Gasteiger partial charge in [-0.3, -0.25) is 4.31 Å². The average molecular weight is 508 g/mol. The normalized spacial score (nSPS) is 32.3. The minimum atomic E-state index is -3.43. The first kappa shape index (κ1) is 23.5. The Hall–Kier alpha value is -1.91. The number of hydrogen-bond acceptors (Lipinski definition) is 6. The number of amides is 1. The van der Waals surface area contributed by atoms with E-state index in [1.165, 1.54) is 22.7 Å². The van der Waals surface area contributed by atoms with Crippen LogP contribution in [-0.4, -0.2) is 87.6 Å². The molecule has 2 bridgehead atoms. The van der Waals surface area contributed by atoms with Crippen LogP contribution in [0.15, 0.2) is 18.2 Å². The van der Waals surface area contributed by atoms with Gasteiger partial charge in [-0.2, -0.15) is 0 Å². The molecule has 0 aliphatic carbocycles. The number of fused-ring (bicyclic) bond motifs is 4. The summed E-state index contributed by atoms with van der Waals surface area (Å²) in [7, 11) is -3.43. The van der Waals surface area contributed by atoms with Crippen molar-refractivity contribution in [3.8, 4) is 0 Å². The first-order chi connectivity index (χ1) is 16.7. The third-order valence-corrected chi connectivity index (χ3v) is 10.1. The minimum absolute atomic E-state index is 0.122. The molecule has 0 N–H and O–H groups in total. The number of carbonyl (C=O) groups excluding carboxylic acids is 1. The summed E-state index contributed by atoms with van der Waals surface area (Å²) in [6.07, 6.45) is 7.22. The highest BCUT2D eigenvalue weighted by Crippen LogP contribution is 2.49. The Labute approximate surface area is 206 Å². The van der Waals surface area contributed by atoms with E-state index in [0.717, 1.165) is 63.6 Å². The topological polar surface area (TPSA) is 79.4 Å². The van der Waals surface area contributed by atoms with Gasteiger partial charge in [-0.25, -0.2) is 17.6 Å². The van der Waals surface area contributed by atoms with Gasteiger partial charge in [-0.15, -0.1) is 0 Å². The van der Waals surface area contributed by atoms with E-state index in [2.05, 4.69) is 4.90 Å². The van der Waals surface area contributed by atoms with Gasteiger partial charge in [0, 0.05) is 36.5 Å². The fourth-order valence-electron chi connectivity index (χ4n) is 7.19. The zero-order valence-electron chi connectivity index (χ0n) is 20.2. The lowest BCUT2D eigenvalue weighted by Gasteiger charge is -2.47. The fourth-order valence-corrected chi connectivity index (χ4v) is 8.19. The van der Waals surface area contributed by atoms with Gasteiger partial charge < -0.3 is 19.3 Å². The SMILES string of the molecule is CS(=O)(=O)N1CC2(CCN(C3CC4CCC(C3)N4C(=O)O[C@@H]3CCOC3)CC2)c2cc(F)ccc21. The molecule has 1 amide bonds. The summed E-state index contributed by atoms with van der Waals surface area (Å²) in [6.45, 7) is 3.24. The number of likely N-dealkylation sites (tertiary alicyclic amines) is 1. The highest BCUT2D eigenvalue weighted by molar-refractivity contribution is 7.92. The van der Waals surface area contributed by atoms with E-state index in [1.807, 2.05) is 4.90 Å². The molecule has 0 aromatic heterocycles. The van der Waals surface area contributed by atoms with Crippen LogP contribution >= 0.6 is 0 Å². The Kier molecular flexibility index (Phi) is 5.76. The molecule has 2 unspecified atom stereocenters. The quantitative estimate of drug-likeness (QED) is 0.626. The van der Waals surface area contributed by atoms with E-state index in [4.69, 9.17) is 9.47 Å². The smallest absolute Gasteiger partial charge is 0.410 e. The minimum Gasteiger partial charge on any atom is -0.444 e. The summed E-state index contributed by atoms with van der Waals surface area (Å²) in [5.74, 6) is -0.319. The third-order valence-electron chi connectivity index (χ3n) is 8.99. The summed E-state index contributed by atoms with van der Waals surface area (Å²) in [5.41, 5.74) is 1.11. The Bertz CT molecular complexity index is 1090. The molecular weight excluding hydrogens is 473 g/mol. The van der Waals surface area contributed by atoms with Gasteiger partial charge in [0.1, 0.15) is 11.9 Å². The van der Waals surface area contributed by atoms with Crippen molar-refractivity contribution in [2.75, 3.05) is 43.4 Å². The zero-order chi connectivity index (χ0) is 24.4. The Morgan fingerprint density at radius 1 is 1.11 bits per heavy atom. The van der Waals surface area contributed by atoms with Gasteiger partial charge >= 0.3 is 6.09 Å². The van der Waals surface area contributed by atoms with Crippen molar-refractivity contribution in [2.45, 2.75) is 74.6 Å². The van der Waals surface area contributed by atoms with Crippen molar-refractivity contribution >= 4 is 21.8 Å². The molecule has 1 aromatic carbocycles. The molecule has 5 heterocycles. The largest absolute Gasteiger partial charge is 0.444 e. The number of hydrogen-bond donors (Lipinski definition) is 0. The van der Waals surface area contributed by atoms with Crippen LogP contribution in [0.2, 0.25) is 0 Å². The summed E-state index contributed by atoms with van der Waals surface area (Å²) in [4.78, 5) is 17.4. The Morgan fingerprint density at radius 3 is 2.46 bits per heavy atom. The molecule has 3 atom stereocenters. The van der Waals surface area contributed by atoms with E-state index in [-0.39, 0.29) is 35.5 Å². The van der Waals surface area contributed by atoms with Crippen LogP contribution in [0.5, 0.6) is 0 Å². The zero-order valence-corrected chi connectivity index (χ0v) is 21.0. The third kappa shape index (κ3) is 4.11.